The normalized spacial score (nSPS) is 31.2. The van der Waals surface area contributed by atoms with Crippen LogP contribution in [0.5, 0.6) is 0 Å². The maximum absolute atomic E-state index is 10.5. The van der Waals surface area contributed by atoms with Crippen molar-refractivity contribution in [1.82, 2.24) is 0 Å². The summed E-state index contributed by atoms with van der Waals surface area (Å²) in [5, 5.41) is 8.98. The zero-order valence-electron chi connectivity index (χ0n) is 13.7. The summed E-state index contributed by atoms with van der Waals surface area (Å²) in [6.07, 6.45) is -1.35. The quantitative estimate of drug-likeness (QED) is 0.647. The fourth-order valence-electron chi connectivity index (χ4n) is 2.57. The van der Waals surface area contributed by atoms with Gasteiger partial charge in [-0.1, -0.05) is 17.7 Å². The Kier molecular flexibility index (Phi) is 5.65. The minimum atomic E-state index is -4.02. The van der Waals surface area contributed by atoms with E-state index >= 15 is 0 Å². The number of hydrogen-bond donors (Lipinski definition) is 3. The molecule has 4 atom stereocenters. The maximum Gasteiger partial charge on any atom is 0.294 e. The second-order valence-corrected chi connectivity index (χ2v) is 7.60. The number of fused-ring (bicyclic) bond motifs is 1. The second kappa shape index (κ2) is 7.04. The molecule has 9 heteroatoms. The smallest absolute Gasteiger partial charge is 0.294 e. The van der Waals surface area contributed by atoms with Crippen LogP contribution in [0.1, 0.15) is 19.4 Å². The van der Waals surface area contributed by atoms with Gasteiger partial charge in [-0.3, -0.25) is 4.55 Å². The van der Waals surface area contributed by atoms with Crippen LogP contribution < -0.4 is 5.73 Å². The van der Waals surface area contributed by atoms with Gasteiger partial charge in [0.25, 0.3) is 10.1 Å². The zero-order chi connectivity index (χ0) is 18.1. The molecule has 2 heterocycles. The minimum absolute atomic E-state index is 0.0666. The molecule has 8 nitrogen and oxygen atoms in total. The van der Waals surface area contributed by atoms with Crippen LogP contribution in [-0.4, -0.2) is 55.0 Å². The van der Waals surface area contributed by atoms with E-state index in [9.17, 15) is 8.42 Å². The number of ether oxygens (including phenoxy) is 3. The molecule has 0 saturated carbocycles. The fourth-order valence-corrected chi connectivity index (χ4v) is 3.05. The van der Waals surface area contributed by atoms with Gasteiger partial charge >= 0.3 is 0 Å². The van der Waals surface area contributed by atoms with Crippen LogP contribution in [0.15, 0.2) is 29.2 Å². The highest BCUT2D eigenvalue weighted by Crippen LogP contribution is 2.36. The van der Waals surface area contributed by atoms with E-state index in [0.717, 1.165) is 5.56 Å². The molecule has 0 aliphatic carbocycles. The van der Waals surface area contributed by atoms with Crippen LogP contribution >= 0.6 is 0 Å². The van der Waals surface area contributed by atoms with E-state index in [1.54, 1.807) is 12.1 Å². The Morgan fingerprint density at radius 1 is 1.17 bits per heavy atom. The molecule has 0 radical (unpaired) electrons. The molecule has 0 aromatic heterocycles. The molecule has 136 valence electrons. The van der Waals surface area contributed by atoms with E-state index in [4.69, 9.17) is 29.6 Å². The number of benzene rings is 1. The minimum Gasteiger partial charge on any atom is -0.394 e. The lowest BCUT2D eigenvalue weighted by atomic mass is 10.1. The van der Waals surface area contributed by atoms with Crippen molar-refractivity contribution in [2.75, 3.05) is 6.61 Å². The molecule has 4 N–H and O–H groups in total. The molecule has 1 aromatic rings. The summed E-state index contributed by atoms with van der Waals surface area (Å²) >= 11 is 0. The maximum atomic E-state index is 10.5. The number of rotatable bonds is 2. The summed E-state index contributed by atoms with van der Waals surface area (Å²) in [4.78, 5) is -0.0666. The van der Waals surface area contributed by atoms with Crippen LogP contribution in [0.25, 0.3) is 0 Å². The van der Waals surface area contributed by atoms with Gasteiger partial charge in [0.15, 0.2) is 5.79 Å². The van der Waals surface area contributed by atoms with Gasteiger partial charge in [-0.05, 0) is 32.9 Å². The van der Waals surface area contributed by atoms with E-state index in [1.807, 2.05) is 20.8 Å². The summed E-state index contributed by atoms with van der Waals surface area (Å²) < 4.78 is 45.9. The molecule has 0 unspecified atom stereocenters. The van der Waals surface area contributed by atoms with Crippen molar-refractivity contribution in [3.05, 3.63) is 29.8 Å². The van der Waals surface area contributed by atoms with Gasteiger partial charge < -0.3 is 25.1 Å². The average Bonchev–Trinajstić information content (AvgIpc) is 2.93. The second-order valence-electron chi connectivity index (χ2n) is 6.17. The Labute approximate surface area is 141 Å². The lowest BCUT2D eigenvalue weighted by molar-refractivity contribution is -0.189. The molecule has 2 fully saturated rings. The van der Waals surface area contributed by atoms with Crippen molar-refractivity contribution in [3.8, 4) is 0 Å². The van der Waals surface area contributed by atoms with Crippen LogP contribution in [-0.2, 0) is 24.3 Å². The third kappa shape index (κ3) is 4.51. The number of aryl methyl sites for hydroxylation is 1. The molecule has 0 spiro atoms. The summed E-state index contributed by atoms with van der Waals surface area (Å²) in [7, 11) is -4.02. The van der Waals surface area contributed by atoms with Gasteiger partial charge in [0.2, 0.25) is 0 Å². The topological polar surface area (TPSA) is 128 Å². The Morgan fingerprint density at radius 3 is 2.21 bits per heavy atom. The van der Waals surface area contributed by atoms with Crippen LogP contribution in [0, 0.1) is 6.92 Å². The molecular weight excluding hydrogens is 338 g/mol. The Morgan fingerprint density at radius 2 is 1.71 bits per heavy atom. The van der Waals surface area contributed by atoms with Gasteiger partial charge in [0.1, 0.15) is 24.5 Å². The van der Waals surface area contributed by atoms with Gasteiger partial charge in [-0.25, -0.2) is 0 Å². The Hall–Kier alpha value is -1.07. The Bertz CT molecular complexity index is 659. The Balaban J connectivity index is 0.000000177. The molecule has 3 rings (SSSR count). The standard InChI is InChI=1S/C8H15NO4.C7H8O3S/c1-8(2)12-5-4(3-10)11-7(9)6(5)13-8;1-6-2-4-7(5-3-6)11(8,9)10/h4-7,10H,3,9H2,1-2H3;2-5H,1H3,(H,8,9,10)/t4-,5-,6-,7-;/m1./s1. The summed E-state index contributed by atoms with van der Waals surface area (Å²) in [5.74, 6) is -0.621. The third-order valence-corrected chi connectivity index (χ3v) is 4.55. The SMILES string of the molecule is CC1(C)O[C@@H]2[C@H](O1)[C@@H](CO)O[C@H]2N.Cc1ccc(S(=O)(=O)O)cc1. The highest BCUT2D eigenvalue weighted by Gasteiger charge is 2.53. The van der Waals surface area contributed by atoms with Crippen molar-refractivity contribution in [2.24, 2.45) is 5.73 Å². The first-order chi connectivity index (χ1) is 11.0. The molecule has 0 amide bonds. The van der Waals surface area contributed by atoms with E-state index in [1.165, 1.54) is 12.1 Å². The molecule has 2 aliphatic rings. The largest absolute Gasteiger partial charge is 0.394 e. The van der Waals surface area contributed by atoms with Gasteiger partial charge in [-0.2, -0.15) is 8.42 Å². The molecule has 1 aromatic carbocycles. The molecule has 2 aliphatic heterocycles. The van der Waals surface area contributed by atoms with Crippen LogP contribution in [0.4, 0.5) is 0 Å². The third-order valence-electron chi connectivity index (χ3n) is 3.68. The van der Waals surface area contributed by atoms with Crippen molar-refractivity contribution in [2.45, 2.75) is 56.0 Å². The highest BCUT2D eigenvalue weighted by molar-refractivity contribution is 7.85. The molecule has 0 bridgehead atoms. The van der Waals surface area contributed by atoms with Crippen molar-refractivity contribution >= 4 is 10.1 Å². The average molecular weight is 361 g/mol. The van der Waals surface area contributed by atoms with Crippen LogP contribution in [0.2, 0.25) is 0 Å². The van der Waals surface area contributed by atoms with Gasteiger partial charge in [-0.15, -0.1) is 0 Å². The summed E-state index contributed by atoms with van der Waals surface area (Å²) in [6.45, 7) is 5.40. The van der Waals surface area contributed by atoms with Gasteiger partial charge in [0.05, 0.1) is 11.5 Å². The predicted octanol–water partition coefficient (Wildman–Crippen LogP) is 0.424. The summed E-state index contributed by atoms with van der Waals surface area (Å²) in [6, 6.07) is 5.99. The number of aliphatic hydroxyl groups excluding tert-OH is 1. The first-order valence-electron chi connectivity index (χ1n) is 7.45. The lowest BCUT2D eigenvalue weighted by Gasteiger charge is -2.21. The van der Waals surface area contributed by atoms with Crippen molar-refractivity contribution in [1.29, 1.82) is 0 Å². The molecule has 24 heavy (non-hydrogen) atoms. The molecular formula is C15H23NO7S. The van der Waals surface area contributed by atoms with Crippen molar-refractivity contribution in [3.63, 3.8) is 0 Å². The van der Waals surface area contributed by atoms with Gasteiger partial charge in [0, 0.05) is 0 Å². The van der Waals surface area contributed by atoms with Crippen LogP contribution in [0.3, 0.4) is 0 Å². The monoisotopic (exact) mass is 361 g/mol. The van der Waals surface area contributed by atoms with E-state index in [0.29, 0.717) is 0 Å². The molecule has 2 saturated heterocycles. The lowest BCUT2D eigenvalue weighted by Crippen LogP contribution is -2.35. The predicted molar refractivity (Wildman–Crippen MR) is 84.8 cm³/mol. The van der Waals surface area contributed by atoms with Crippen molar-refractivity contribution < 1.29 is 32.3 Å². The van der Waals surface area contributed by atoms with E-state index < -0.39 is 22.1 Å². The fraction of sp³-hybridized carbons (Fsp3) is 0.600. The number of aliphatic hydroxyl groups is 1. The number of hydrogen-bond acceptors (Lipinski definition) is 7. The first-order valence-corrected chi connectivity index (χ1v) is 8.89. The highest BCUT2D eigenvalue weighted by atomic mass is 32.2. The van der Waals surface area contributed by atoms with E-state index in [2.05, 4.69) is 0 Å². The number of nitrogens with two attached hydrogens (primary N) is 1. The summed E-state index contributed by atoms with van der Waals surface area (Å²) in [5.41, 5.74) is 6.62. The zero-order valence-corrected chi connectivity index (χ0v) is 14.6. The van der Waals surface area contributed by atoms with E-state index in [-0.39, 0.29) is 29.8 Å². The first kappa shape index (κ1) is 19.3.